The monoisotopic (exact) mass is 706 g/mol. The SMILES string of the molecule is CC[C@H]1OC(=O)C[C@@H](O)[C@H](C)[C@@H](OC2OC(C)C(C)C(N(C)C)C2O)[C@@H](CCN2CC(C)CC(C)C2)C[C@@H](C)C(=NC)/C=C/C(C)=C/C1CO. The summed E-state index contributed by atoms with van der Waals surface area (Å²) in [6.45, 7) is 19.6. The average Bonchev–Trinajstić information content (AvgIpc) is 3.04. The Morgan fingerprint density at radius 3 is 2.26 bits per heavy atom. The molecule has 0 aromatic carbocycles. The number of likely N-dealkylation sites (N-methyl/N-ethyl adjacent to an activating group) is 1. The Morgan fingerprint density at radius 2 is 1.68 bits per heavy atom. The molecule has 3 rings (SSSR count). The first kappa shape index (κ1) is 42.8. The Morgan fingerprint density at radius 1 is 1.02 bits per heavy atom. The molecule has 0 aliphatic carbocycles. The molecule has 0 amide bonds. The number of cyclic esters (lactones) is 1. The van der Waals surface area contributed by atoms with E-state index in [-0.39, 0.29) is 48.8 Å². The molecular weight excluding hydrogens is 634 g/mol. The van der Waals surface area contributed by atoms with Crippen molar-refractivity contribution in [2.75, 3.05) is 47.4 Å². The maximum atomic E-state index is 13.4. The van der Waals surface area contributed by atoms with Gasteiger partial charge in [0.2, 0.25) is 0 Å². The van der Waals surface area contributed by atoms with Crippen molar-refractivity contribution in [2.24, 2.45) is 46.4 Å². The first-order valence-electron chi connectivity index (χ1n) is 19.3. The lowest BCUT2D eigenvalue weighted by molar-refractivity contribution is -0.295. The minimum absolute atomic E-state index is 0.0432. The number of rotatable bonds is 8. The Balaban J connectivity index is 2.08. The maximum absolute atomic E-state index is 13.4. The third-order valence-electron chi connectivity index (χ3n) is 11.7. The molecule has 2 saturated heterocycles. The van der Waals surface area contributed by atoms with E-state index >= 15 is 0 Å². The number of likely N-dealkylation sites (tertiary alicyclic amines) is 1. The van der Waals surface area contributed by atoms with Crippen LogP contribution in [0.1, 0.15) is 87.5 Å². The molecule has 3 N–H and O–H groups in total. The quantitative estimate of drug-likeness (QED) is 0.301. The molecule has 10 heteroatoms. The molecule has 3 aliphatic heterocycles. The van der Waals surface area contributed by atoms with Crippen molar-refractivity contribution in [3.8, 4) is 0 Å². The van der Waals surface area contributed by atoms with Crippen LogP contribution in [0.15, 0.2) is 28.8 Å². The number of ether oxygens (including phenoxy) is 3. The van der Waals surface area contributed by atoms with E-state index in [0.717, 1.165) is 43.8 Å². The fraction of sp³-hybridized carbons (Fsp3) is 0.850. The average molecular weight is 706 g/mol. The third-order valence-corrected chi connectivity index (χ3v) is 11.7. The molecule has 0 bridgehead atoms. The Hall–Kier alpha value is -1.66. The van der Waals surface area contributed by atoms with Crippen molar-refractivity contribution in [2.45, 2.75) is 130 Å². The maximum Gasteiger partial charge on any atom is 0.308 e. The summed E-state index contributed by atoms with van der Waals surface area (Å²) in [7, 11) is 5.75. The molecule has 0 spiro atoms. The Bertz CT molecular complexity index is 1130. The largest absolute Gasteiger partial charge is 0.462 e. The highest BCUT2D eigenvalue weighted by molar-refractivity contribution is 5.96. The molecule has 0 aromatic heterocycles. The first-order valence-corrected chi connectivity index (χ1v) is 19.3. The summed E-state index contributed by atoms with van der Waals surface area (Å²) < 4.78 is 19.2. The van der Waals surface area contributed by atoms with Crippen LogP contribution in [0.3, 0.4) is 0 Å². The van der Waals surface area contributed by atoms with Gasteiger partial charge in [0, 0.05) is 49.6 Å². The summed E-state index contributed by atoms with van der Waals surface area (Å²) in [5.41, 5.74) is 1.89. The van der Waals surface area contributed by atoms with Gasteiger partial charge in [0.15, 0.2) is 6.29 Å². The summed E-state index contributed by atoms with van der Waals surface area (Å²) in [6, 6.07) is -0.176. The van der Waals surface area contributed by atoms with Crippen LogP contribution < -0.4 is 0 Å². The molecule has 3 heterocycles. The summed E-state index contributed by atoms with van der Waals surface area (Å²) in [4.78, 5) is 22.7. The number of piperidine rings is 1. The molecule has 0 radical (unpaired) electrons. The second-order valence-electron chi connectivity index (χ2n) is 16.3. The van der Waals surface area contributed by atoms with E-state index < -0.39 is 42.6 Å². The van der Waals surface area contributed by atoms with E-state index in [2.05, 4.69) is 32.6 Å². The topological polar surface area (TPSA) is 124 Å². The number of carbonyl (C=O) groups excluding carboxylic acids is 1. The van der Waals surface area contributed by atoms with Crippen molar-refractivity contribution < 1.29 is 34.3 Å². The predicted octanol–water partition coefficient (Wildman–Crippen LogP) is 4.96. The number of esters is 1. The van der Waals surface area contributed by atoms with E-state index in [1.54, 1.807) is 0 Å². The van der Waals surface area contributed by atoms with Crippen molar-refractivity contribution in [3.63, 3.8) is 0 Å². The summed E-state index contributed by atoms with van der Waals surface area (Å²) in [5.74, 6) is -0.0174. The van der Waals surface area contributed by atoms with Gasteiger partial charge < -0.3 is 39.3 Å². The molecule has 3 aliphatic rings. The smallest absolute Gasteiger partial charge is 0.308 e. The van der Waals surface area contributed by atoms with Crippen molar-refractivity contribution in [1.82, 2.24) is 9.80 Å². The van der Waals surface area contributed by atoms with Crippen molar-refractivity contribution in [3.05, 3.63) is 23.8 Å². The minimum Gasteiger partial charge on any atom is -0.462 e. The number of nitrogens with zero attached hydrogens (tertiary/aromatic N) is 3. The molecule has 2 fully saturated rings. The van der Waals surface area contributed by atoms with Crippen LogP contribution in [0.25, 0.3) is 0 Å². The Labute approximate surface area is 303 Å². The lowest BCUT2D eigenvalue weighted by atomic mass is 9.79. The first-order chi connectivity index (χ1) is 23.6. The lowest BCUT2D eigenvalue weighted by Crippen LogP contribution is -2.60. The fourth-order valence-corrected chi connectivity index (χ4v) is 8.80. The van der Waals surface area contributed by atoms with Crippen molar-refractivity contribution in [1.29, 1.82) is 0 Å². The predicted molar refractivity (Wildman–Crippen MR) is 200 cm³/mol. The fourth-order valence-electron chi connectivity index (χ4n) is 8.80. The molecule has 0 saturated carbocycles. The molecular formula is C40H71N3O7. The number of hydrogen-bond acceptors (Lipinski definition) is 10. The second kappa shape index (κ2) is 20.0. The highest BCUT2D eigenvalue weighted by Gasteiger charge is 2.46. The lowest BCUT2D eigenvalue weighted by Gasteiger charge is -2.47. The summed E-state index contributed by atoms with van der Waals surface area (Å²) in [6.07, 6.45) is 5.03. The van der Waals surface area contributed by atoms with E-state index in [0.29, 0.717) is 18.3 Å². The molecule has 8 unspecified atom stereocenters. The van der Waals surface area contributed by atoms with Crippen LogP contribution in [0, 0.1) is 41.4 Å². The molecule has 10 nitrogen and oxygen atoms in total. The number of carbonyl (C=O) groups is 1. The van der Waals surface area contributed by atoms with Gasteiger partial charge in [-0.1, -0.05) is 59.3 Å². The Kier molecular flexibility index (Phi) is 17.1. The van der Waals surface area contributed by atoms with Gasteiger partial charge in [0.05, 0.1) is 31.3 Å². The summed E-state index contributed by atoms with van der Waals surface area (Å²) in [5, 5.41) is 33.7. The number of aliphatic hydroxyl groups excluding tert-OH is 3. The van der Waals surface area contributed by atoms with E-state index in [1.165, 1.54) is 6.42 Å². The van der Waals surface area contributed by atoms with Gasteiger partial charge in [0.1, 0.15) is 12.2 Å². The normalized spacial score (nSPS) is 43.0. The van der Waals surface area contributed by atoms with Crippen molar-refractivity contribution >= 4 is 11.7 Å². The van der Waals surface area contributed by atoms with Gasteiger partial charge in [-0.05, 0) is 89.9 Å². The zero-order valence-electron chi connectivity index (χ0n) is 33.0. The van der Waals surface area contributed by atoms with Gasteiger partial charge in [0.25, 0.3) is 0 Å². The number of aliphatic imine (C=N–C) groups is 1. The van der Waals surface area contributed by atoms with Crippen LogP contribution in [-0.2, 0) is 19.0 Å². The van der Waals surface area contributed by atoms with E-state index in [9.17, 15) is 20.1 Å². The number of allylic oxidation sites excluding steroid dienone is 3. The van der Waals surface area contributed by atoms with E-state index in [4.69, 9.17) is 19.2 Å². The standard InChI is InChI=1S/C40H71N3O7/c1-12-35-32(23-44)18-24(2)13-14-33(41-9)27(5)19-31(15-16-43-21-25(3)17-26(4)22-43)39(29(7)34(45)20-36(46)49-35)50-40-38(47)37(42(10)11)28(6)30(8)48-40/h13-14,18,25-32,34-35,37-40,44-45,47H,12,15-17,19-23H2,1-11H3/b14-13+,24-18+,41-33?/t25?,26?,27-,28?,29+,30?,31+,32?,34-,35-,37?,38?,39-,40?/m1/s1. The van der Waals surface area contributed by atoms with Crippen LogP contribution in [0.2, 0.25) is 0 Å². The van der Waals surface area contributed by atoms with Gasteiger partial charge in [-0.2, -0.15) is 0 Å². The second-order valence-corrected chi connectivity index (χ2v) is 16.3. The highest BCUT2D eigenvalue weighted by atomic mass is 16.7. The van der Waals surface area contributed by atoms with E-state index in [1.807, 2.05) is 72.0 Å². The highest BCUT2D eigenvalue weighted by Crippen LogP contribution is 2.36. The third kappa shape index (κ3) is 11.7. The van der Waals surface area contributed by atoms with Gasteiger partial charge in [-0.3, -0.25) is 9.79 Å². The minimum atomic E-state index is -1.06. The molecule has 288 valence electrons. The van der Waals surface area contributed by atoms with Gasteiger partial charge in [-0.15, -0.1) is 0 Å². The molecule has 0 aromatic rings. The summed E-state index contributed by atoms with van der Waals surface area (Å²) >= 11 is 0. The van der Waals surface area contributed by atoms with Gasteiger partial charge >= 0.3 is 5.97 Å². The van der Waals surface area contributed by atoms with Crippen LogP contribution in [0.4, 0.5) is 0 Å². The zero-order valence-corrected chi connectivity index (χ0v) is 33.0. The van der Waals surface area contributed by atoms with Crippen LogP contribution in [0.5, 0.6) is 0 Å². The molecule has 50 heavy (non-hydrogen) atoms. The molecule has 14 atom stereocenters. The van der Waals surface area contributed by atoms with Crippen LogP contribution in [-0.4, -0.2) is 127 Å². The van der Waals surface area contributed by atoms with Gasteiger partial charge in [-0.25, -0.2) is 0 Å². The van der Waals surface area contributed by atoms with Crippen LogP contribution >= 0.6 is 0 Å². The number of hydrogen-bond donors (Lipinski definition) is 3. The number of aliphatic hydroxyl groups is 3. The zero-order chi connectivity index (χ0) is 37.3.